The number of benzene rings is 1. The fourth-order valence-electron chi connectivity index (χ4n) is 1.92. The van der Waals surface area contributed by atoms with Gasteiger partial charge in [0, 0.05) is 23.0 Å². The molecule has 0 aliphatic heterocycles. The molecule has 1 unspecified atom stereocenters. The SMILES string of the molecule is COc1ccc(C(=O)NC(CCBr)C(C)C)cc1[N+](=O)[O-]. The minimum Gasteiger partial charge on any atom is -0.490 e. The zero-order valence-corrected chi connectivity index (χ0v) is 13.8. The van der Waals surface area contributed by atoms with Gasteiger partial charge < -0.3 is 10.1 Å². The first-order chi connectivity index (χ1) is 9.90. The van der Waals surface area contributed by atoms with Gasteiger partial charge in [-0.25, -0.2) is 0 Å². The topological polar surface area (TPSA) is 81.5 Å². The summed E-state index contributed by atoms with van der Waals surface area (Å²) in [6.07, 6.45) is 0.793. The first-order valence-corrected chi connectivity index (χ1v) is 7.72. The molecule has 7 heteroatoms. The van der Waals surface area contributed by atoms with Gasteiger partial charge in [0.05, 0.1) is 12.0 Å². The number of nitro benzene ring substituents is 1. The Kier molecular flexibility index (Phi) is 6.61. The second-order valence-corrected chi connectivity index (χ2v) is 5.74. The van der Waals surface area contributed by atoms with Crippen LogP contribution < -0.4 is 10.1 Å². The van der Waals surface area contributed by atoms with Gasteiger partial charge in [-0.1, -0.05) is 29.8 Å². The predicted molar refractivity (Wildman–Crippen MR) is 84.2 cm³/mol. The number of methoxy groups -OCH3 is 1. The van der Waals surface area contributed by atoms with E-state index in [0.29, 0.717) is 0 Å². The van der Waals surface area contributed by atoms with Crippen molar-refractivity contribution in [2.75, 3.05) is 12.4 Å². The van der Waals surface area contributed by atoms with Crippen molar-refractivity contribution in [1.29, 1.82) is 0 Å². The molecule has 0 fully saturated rings. The van der Waals surface area contributed by atoms with Crippen LogP contribution in [0.3, 0.4) is 0 Å². The lowest BCUT2D eigenvalue weighted by atomic mass is 10.0. The van der Waals surface area contributed by atoms with Crippen LogP contribution in [0.15, 0.2) is 18.2 Å². The maximum absolute atomic E-state index is 12.2. The summed E-state index contributed by atoms with van der Waals surface area (Å²) in [6.45, 7) is 4.04. The highest BCUT2D eigenvalue weighted by molar-refractivity contribution is 9.09. The molecule has 0 saturated heterocycles. The molecule has 0 spiro atoms. The summed E-state index contributed by atoms with van der Waals surface area (Å²) in [7, 11) is 1.35. The van der Waals surface area contributed by atoms with E-state index in [1.165, 1.54) is 25.3 Å². The average molecular weight is 359 g/mol. The van der Waals surface area contributed by atoms with Crippen LogP contribution in [0.4, 0.5) is 5.69 Å². The molecule has 1 aromatic rings. The van der Waals surface area contributed by atoms with Crippen LogP contribution in [0, 0.1) is 16.0 Å². The number of carbonyl (C=O) groups is 1. The van der Waals surface area contributed by atoms with E-state index >= 15 is 0 Å². The molecule has 1 aromatic carbocycles. The Bertz CT molecular complexity index is 520. The number of nitrogens with zero attached hydrogens (tertiary/aromatic N) is 1. The van der Waals surface area contributed by atoms with E-state index in [1.807, 2.05) is 13.8 Å². The van der Waals surface area contributed by atoms with Crippen LogP contribution in [-0.2, 0) is 0 Å². The number of hydrogen-bond acceptors (Lipinski definition) is 4. The monoisotopic (exact) mass is 358 g/mol. The van der Waals surface area contributed by atoms with Crippen molar-refractivity contribution in [3.63, 3.8) is 0 Å². The average Bonchev–Trinajstić information content (AvgIpc) is 2.45. The number of nitro groups is 1. The number of halogens is 1. The van der Waals surface area contributed by atoms with E-state index < -0.39 is 4.92 Å². The maximum atomic E-state index is 12.2. The van der Waals surface area contributed by atoms with E-state index in [2.05, 4.69) is 21.2 Å². The molecule has 116 valence electrons. The van der Waals surface area contributed by atoms with Gasteiger partial charge in [-0.15, -0.1) is 0 Å². The van der Waals surface area contributed by atoms with Crippen molar-refractivity contribution >= 4 is 27.5 Å². The molecule has 0 heterocycles. The lowest BCUT2D eigenvalue weighted by molar-refractivity contribution is -0.385. The Labute approximate surface area is 132 Å². The summed E-state index contributed by atoms with van der Waals surface area (Å²) in [4.78, 5) is 22.6. The largest absolute Gasteiger partial charge is 0.490 e. The maximum Gasteiger partial charge on any atom is 0.311 e. The van der Waals surface area contributed by atoms with Gasteiger partial charge in [0.2, 0.25) is 0 Å². The van der Waals surface area contributed by atoms with Crippen molar-refractivity contribution in [2.45, 2.75) is 26.3 Å². The lowest BCUT2D eigenvalue weighted by Crippen LogP contribution is -2.38. The minimum atomic E-state index is -0.561. The standard InChI is InChI=1S/C14H19BrN2O4/c1-9(2)11(6-7-15)16-14(18)10-4-5-13(21-3)12(8-10)17(19)20/h4-5,8-9,11H,6-7H2,1-3H3,(H,16,18). The predicted octanol–water partition coefficient (Wildman–Crippen LogP) is 3.14. The summed E-state index contributed by atoms with van der Waals surface area (Å²) in [5.74, 6) is 0.0950. The lowest BCUT2D eigenvalue weighted by Gasteiger charge is -2.21. The Morgan fingerprint density at radius 3 is 2.62 bits per heavy atom. The van der Waals surface area contributed by atoms with Gasteiger partial charge in [0.25, 0.3) is 5.91 Å². The van der Waals surface area contributed by atoms with Crippen LogP contribution in [-0.4, -0.2) is 29.3 Å². The molecule has 0 aliphatic rings. The van der Waals surface area contributed by atoms with Crippen LogP contribution >= 0.6 is 15.9 Å². The van der Waals surface area contributed by atoms with Gasteiger partial charge in [-0.3, -0.25) is 14.9 Å². The fraction of sp³-hybridized carbons (Fsp3) is 0.500. The normalized spacial score (nSPS) is 12.0. The highest BCUT2D eigenvalue weighted by Gasteiger charge is 2.21. The van der Waals surface area contributed by atoms with Crippen molar-refractivity contribution in [1.82, 2.24) is 5.32 Å². The van der Waals surface area contributed by atoms with Gasteiger partial charge >= 0.3 is 5.69 Å². The molecule has 1 amide bonds. The van der Waals surface area contributed by atoms with Crippen LogP contribution in [0.1, 0.15) is 30.6 Å². The Morgan fingerprint density at radius 1 is 1.48 bits per heavy atom. The summed E-state index contributed by atoms with van der Waals surface area (Å²) < 4.78 is 4.92. The summed E-state index contributed by atoms with van der Waals surface area (Å²) in [6, 6.07) is 4.20. The van der Waals surface area contributed by atoms with Crippen molar-refractivity contribution in [2.24, 2.45) is 5.92 Å². The number of nitrogens with one attached hydrogen (secondary N) is 1. The number of hydrogen-bond donors (Lipinski definition) is 1. The van der Waals surface area contributed by atoms with E-state index in [-0.39, 0.29) is 34.9 Å². The summed E-state index contributed by atoms with van der Waals surface area (Å²) in [5.41, 5.74) is 0.0365. The van der Waals surface area contributed by atoms with E-state index in [1.54, 1.807) is 0 Å². The fourth-order valence-corrected chi connectivity index (χ4v) is 2.41. The highest BCUT2D eigenvalue weighted by Crippen LogP contribution is 2.27. The minimum absolute atomic E-state index is 0.0121. The quantitative estimate of drug-likeness (QED) is 0.461. The molecule has 0 radical (unpaired) electrons. The second kappa shape index (κ2) is 7.97. The van der Waals surface area contributed by atoms with Crippen LogP contribution in [0.25, 0.3) is 0 Å². The number of ether oxygens (including phenoxy) is 1. The van der Waals surface area contributed by atoms with Gasteiger partial charge in [-0.05, 0) is 24.5 Å². The Hall–Kier alpha value is -1.63. The number of carbonyl (C=O) groups excluding carboxylic acids is 1. The molecule has 1 rings (SSSR count). The summed E-state index contributed by atoms with van der Waals surface area (Å²) >= 11 is 3.36. The molecule has 6 nitrogen and oxygen atoms in total. The van der Waals surface area contributed by atoms with E-state index in [4.69, 9.17) is 4.74 Å². The number of alkyl halides is 1. The first-order valence-electron chi connectivity index (χ1n) is 6.60. The number of rotatable bonds is 7. The molecular formula is C14H19BrN2O4. The molecular weight excluding hydrogens is 340 g/mol. The molecule has 0 aromatic heterocycles. The Balaban J connectivity index is 2.97. The van der Waals surface area contributed by atoms with Crippen LogP contribution in [0.2, 0.25) is 0 Å². The molecule has 1 N–H and O–H groups in total. The molecule has 1 atom stereocenters. The smallest absolute Gasteiger partial charge is 0.311 e. The Morgan fingerprint density at radius 2 is 2.14 bits per heavy atom. The van der Waals surface area contributed by atoms with Gasteiger partial charge in [-0.2, -0.15) is 0 Å². The molecule has 21 heavy (non-hydrogen) atoms. The third-order valence-electron chi connectivity index (χ3n) is 3.18. The zero-order chi connectivity index (χ0) is 16.0. The molecule has 0 aliphatic carbocycles. The summed E-state index contributed by atoms with van der Waals surface area (Å²) in [5, 5.41) is 14.7. The highest BCUT2D eigenvalue weighted by atomic mass is 79.9. The van der Waals surface area contributed by atoms with E-state index in [9.17, 15) is 14.9 Å². The molecule has 0 saturated carbocycles. The van der Waals surface area contributed by atoms with Crippen molar-refractivity contribution < 1.29 is 14.5 Å². The van der Waals surface area contributed by atoms with Crippen molar-refractivity contribution in [3.8, 4) is 5.75 Å². The zero-order valence-electron chi connectivity index (χ0n) is 12.3. The third-order valence-corrected chi connectivity index (χ3v) is 3.64. The van der Waals surface area contributed by atoms with Gasteiger partial charge in [0.1, 0.15) is 0 Å². The number of amides is 1. The molecule has 0 bridgehead atoms. The second-order valence-electron chi connectivity index (χ2n) is 4.95. The third kappa shape index (κ3) is 4.70. The van der Waals surface area contributed by atoms with Crippen molar-refractivity contribution in [3.05, 3.63) is 33.9 Å². The van der Waals surface area contributed by atoms with Gasteiger partial charge in [0.15, 0.2) is 5.75 Å². The first kappa shape index (κ1) is 17.4. The van der Waals surface area contributed by atoms with E-state index in [0.717, 1.165) is 11.8 Å². The van der Waals surface area contributed by atoms with Crippen LogP contribution in [0.5, 0.6) is 5.75 Å².